The minimum absolute atomic E-state index is 0.166. The number of piperidine rings is 1. The average Bonchev–Trinajstić information content (AvgIpc) is 3.34. The Bertz CT molecular complexity index is 1240. The van der Waals surface area contributed by atoms with Crippen molar-refractivity contribution < 1.29 is 19.0 Å². The van der Waals surface area contributed by atoms with Crippen LogP contribution in [0.2, 0.25) is 0 Å². The molecule has 4 rings (SSSR count). The zero-order valence-corrected chi connectivity index (χ0v) is 19.3. The number of halogens is 1. The number of amides is 1. The minimum atomic E-state index is -1.44. The lowest BCUT2D eigenvalue weighted by Gasteiger charge is -2.34. The molecule has 12 heteroatoms. The van der Waals surface area contributed by atoms with Gasteiger partial charge >= 0.3 is 0 Å². The summed E-state index contributed by atoms with van der Waals surface area (Å²) in [6, 6.07) is 7.12. The van der Waals surface area contributed by atoms with Gasteiger partial charge in [-0.25, -0.2) is 14.4 Å². The highest BCUT2D eigenvalue weighted by molar-refractivity contribution is 5.77. The van der Waals surface area contributed by atoms with E-state index in [2.05, 4.69) is 31.4 Å². The summed E-state index contributed by atoms with van der Waals surface area (Å²) in [6.45, 7) is 3.48. The van der Waals surface area contributed by atoms with Gasteiger partial charge in [0.25, 0.3) is 0 Å². The lowest BCUT2D eigenvalue weighted by Crippen LogP contribution is -2.50. The standard InChI is InChI=1S/C23H25FN8O3/c1-14(2)32-10-17(9-28-32)29-23-27-13-26-22(30-23)15-3-4-19(16(7-15)8-25)35-20-5-6-31(11-18(20)24)21(34)12-33/h3-4,7,9-10,13-14,18,20,33H,5-6,11-12H2,1-2H3,(H,26,27,29,30). The summed E-state index contributed by atoms with van der Waals surface area (Å²) in [7, 11) is 0. The number of ether oxygens (including phenoxy) is 1. The normalized spacial score (nSPS) is 17.8. The third-order valence-electron chi connectivity index (χ3n) is 5.56. The summed E-state index contributed by atoms with van der Waals surface area (Å²) >= 11 is 0. The van der Waals surface area contributed by atoms with Gasteiger partial charge in [-0.2, -0.15) is 15.3 Å². The molecule has 11 nitrogen and oxygen atoms in total. The van der Waals surface area contributed by atoms with E-state index in [9.17, 15) is 14.4 Å². The highest BCUT2D eigenvalue weighted by atomic mass is 19.1. The van der Waals surface area contributed by atoms with Crippen LogP contribution in [-0.2, 0) is 4.79 Å². The number of hydrogen-bond donors (Lipinski definition) is 2. The van der Waals surface area contributed by atoms with Crippen LogP contribution in [0.3, 0.4) is 0 Å². The number of benzene rings is 1. The zero-order chi connectivity index (χ0) is 24.9. The number of rotatable bonds is 7. The molecule has 1 aliphatic rings. The molecule has 0 radical (unpaired) electrons. The summed E-state index contributed by atoms with van der Waals surface area (Å²) in [5.74, 6) is 0.384. The minimum Gasteiger partial charge on any atom is -0.486 e. The van der Waals surface area contributed by atoms with Gasteiger partial charge in [0.05, 0.1) is 24.0 Å². The Morgan fingerprint density at radius 3 is 2.91 bits per heavy atom. The van der Waals surface area contributed by atoms with Crippen molar-refractivity contribution >= 4 is 17.5 Å². The van der Waals surface area contributed by atoms with E-state index in [1.54, 1.807) is 29.1 Å². The fourth-order valence-electron chi connectivity index (χ4n) is 3.67. The second-order valence-corrected chi connectivity index (χ2v) is 8.34. The molecule has 0 saturated carbocycles. The average molecular weight is 481 g/mol. The fourth-order valence-corrected chi connectivity index (χ4v) is 3.67. The van der Waals surface area contributed by atoms with Crippen LogP contribution in [0.25, 0.3) is 11.4 Å². The van der Waals surface area contributed by atoms with Gasteiger partial charge in [-0.3, -0.25) is 9.48 Å². The number of aliphatic hydroxyl groups excluding tert-OH is 1. The highest BCUT2D eigenvalue weighted by Gasteiger charge is 2.33. The molecular weight excluding hydrogens is 455 g/mol. The summed E-state index contributed by atoms with van der Waals surface area (Å²) in [6.07, 6.45) is 2.87. The maximum absolute atomic E-state index is 14.6. The SMILES string of the molecule is CC(C)n1cc(Nc2ncnc(-c3ccc(OC4CCN(C(=O)CO)CC4F)c(C#N)c3)n2)cn1. The fraction of sp³-hybridized carbons (Fsp3) is 0.391. The van der Waals surface area contributed by atoms with Crippen molar-refractivity contribution in [3.8, 4) is 23.2 Å². The number of nitrogens with one attached hydrogen (secondary N) is 1. The van der Waals surface area contributed by atoms with Crippen molar-refractivity contribution in [3.63, 3.8) is 0 Å². The van der Waals surface area contributed by atoms with E-state index in [4.69, 9.17) is 9.84 Å². The van der Waals surface area contributed by atoms with Gasteiger partial charge in [-0.05, 0) is 32.0 Å². The molecule has 2 atom stereocenters. The van der Waals surface area contributed by atoms with Gasteiger partial charge in [0.2, 0.25) is 11.9 Å². The Morgan fingerprint density at radius 2 is 2.23 bits per heavy atom. The van der Waals surface area contributed by atoms with Gasteiger partial charge in [0.1, 0.15) is 30.9 Å². The number of aliphatic hydroxyl groups is 1. The van der Waals surface area contributed by atoms with Crippen LogP contribution < -0.4 is 10.1 Å². The van der Waals surface area contributed by atoms with Crippen LogP contribution in [-0.4, -0.2) is 72.6 Å². The van der Waals surface area contributed by atoms with Crippen molar-refractivity contribution in [2.24, 2.45) is 0 Å². The molecule has 2 aromatic heterocycles. The number of likely N-dealkylation sites (tertiary alicyclic amines) is 1. The highest BCUT2D eigenvalue weighted by Crippen LogP contribution is 2.28. The Morgan fingerprint density at radius 1 is 1.40 bits per heavy atom. The summed E-state index contributed by atoms with van der Waals surface area (Å²) < 4.78 is 22.2. The summed E-state index contributed by atoms with van der Waals surface area (Å²) in [5, 5.41) is 26.0. The Kier molecular flexibility index (Phi) is 7.17. The van der Waals surface area contributed by atoms with E-state index in [0.29, 0.717) is 17.3 Å². The molecule has 1 saturated heterocycles. The van der Waals surface area contributed by atoms with Gasteiger partial charge in [-0.1, -0.05) is 0 Å². The first-order valence-electron chi connectivity index (χ1n) is 11.1. The second kappa shape index (κ2) is 10.4. The molecule has 182 valence electrons. The smallest absolute Gasteiger partial charge is 0.248 e. The molecule has 1 amide bonds. The Balaban J connectivity index is 1.48. The van der Waals surface area contributed by atoms with E-state index < -0.39 is 24.8 Å². The molecule has 3 heterocycles. The summed E-state index contributed by atoms with van der Waals surface area (Å²) in [4.78, 5) is 25.6. The van der Waals surface area contributed by atoms with Crippen molar-refractivity contribution in [3.05, 3.63) is 42.5 Å². The molecule has 35 heavy (non-hydrogen) atoms. The quantitative estimate of drug-likeness (QED) is 0.520. The molecular formula is C23H25FN8O3. The lowest BCUT2D eigenvalue weighted by atomic mass is 10.0. The zero-order valence-electron chi connectivity index (χ0n) is 19.3. The Labute approximate surface area is 201 Å². The van der Waals surface area contributed by atoms with E-state index in [0.717, 1.165) is 5.69 Å². The van der Waals surface area contributed by atoms with Crippen LogP contribution in [0, 0.1) is 11.3 Å². The molecule has 2 unspecified atom stereocenters. The summed E-state index contributed by atoms with van der Waals surface area (Å²) in [5.41, 5.74) is 1.50. The lowest BCUT2D eigenvalue weighted by molar-refractivity contribution is -0.138. The molecule has 0 bridgehead atoms. The molecule has 1 aromatic carbocycles. The predicted octanol–water partition coefficient (Wildman–Crippen LogP) is 2.24. The number of nitrogens with zero attached hydrogens (tertiary/aromatic N) is 7. The number of carbonyl (C=O) groups is 1. The van der Waals surface area contributed by atoms with Gasteiger partial charge in [-0.15, -0.1) is 0 Å². The second-order valence-electron chi connectivity index (χ2n) is 8.34. The van der Waals surface area contributed by atoms with Crippen molar-refractivity contribution in [2.45, 2.75) is 38.6 Å². The molecule has 2 N–H and O–H groups in total. The van der Waals surface area contributed by atoms with E-state index in [-0.39, 0.29) is 36.9 Å². The number of anilines is 2. The molecule has 0 aliphatic carbocycles. The van der Waals surface area contributed by atoms with Gasteiger partial charge in [0.15, 0.2) is 12.0 Å². The monoisotopic (exact) mass is 480 g/mol. The van der Waals surface area contributed by atoms with Crippen molar-refractivity contribution in [1.29, 1.82) is 5.26 Å². The van der Waals surface area contributed by atoms with Crippen molar-refractivity contribution in [1.82, 2.24) is 29.6 Å². The predicted molar refractivity (Wildman–Crippen MR) is 123 cm³/mol. The van der Waals surface area contributed by atoms with E-state index >= 15 is 0 Å². The molecule has 0 spiro atoms. The van der Waals surface area contributed by atoms with Crippen LogP contribution in [0.1, 0.15) is 31.9 Å². The maximum atomic E-state index is 14.6. The number of hydrogen-bond acceptors (Lipinski definition) is 9. The molecule has 1 aliphatic heterocycles. The van der Waals surface area contributed by atoms with Crippen molar-refractivity contribution in [2.75, 3.05) is 25.0 Å². The maximum Gasteiger partial charge on any atom is 0.248 e. The van der Waals surface area contributed by atoms with Gasteiger partial charge < -0.3 is 20.1 Å². The topological polar surface area (TPSA) is 142 Å². The van der Waals surface area contributed by atoms with Crippen LogP contribution in [0.5, 0.6) is 5.75 Å². The largest absolute Gasteiger partial charge is 0.486 e. The number of carbonyl (C=O) groups excluding carboxylic acids is 1. The molecule has 3 aromatic rings. The van der Waals surface area contributed by atoms with Crippen LogP contribution >= 0.6 is 0 Å². The Hall–Kier alpha value is -4.11. The van der Waals surface area contributed by atoms with E-state index in [1.165, 1.54) is 11.2 Å². The number of nitriles is 1. The first kappa shape index (κ1) is 24.0. The van der Waals surface area contributed by atoms with Gasteiger partial charge in [0, 0.05) is 30.8 Å². The number of alkyl halides is 1. The van der Waals surface area contributed by atoms with E-state index in [1.807, 2.05) is 20.0 Å². The number of aromatic nitrogens is 5. The first-order chi connectivity index (χ1) is 16.9. The molecule has 1 fully saturated rings. The first-order valence-corrected chi connectivity index (χ1v) is 11.1. The van der Waals surface area contributed by atoms with Crippen LogP contribution in [0.15, 0.2) is 36.9 Å². The third-order valence-corrected chi connectivity index (χ3v) is 5.56. The van der Waals surface area contributed by atoms with Crippen LogP contribution in [0.4, 0.5) is 16.0 Å². The third kappa shape index (κ3) is 5.52.